The normalized spacial score (nSPS) is 23.7. The summed E-state index contributed by atoms with van der Waals surface area (Å²) in [4.78, 5) is 17.1. The van der Waals surface area contributed by atoms with E-state index in [9.17, 15) is 4.79 Å². The summed E-state index contributed by atoms with van der Waals surface area (Å²) in [5.74, 6) is 2.29. The van der Waals surface area contributed by atoms with Crippen molar-refractivity contribution in [2.45, 2.75) is 25.9 Å². The first-order chi connectivity index (χ1) is 11.2. The molecule has 1 amide bonds. The summed E-state index contributed by atoms with van der Waals surface area (Å²) in [5.41, 5.74) is 0.714. The van der Waals surface area contributed by atoms with Crippen molar-refractivity contribution in [3.05, 3.63) is 18.0 Å². The molecule has 2 aliphatic rings. The number of ether oxygens (including phenoxy) is 1. The van der Waals surface area contributed by atoms with Gasteiger partial charge in [0.1, 0.15) is 0 Å². The van der Waals surface area contributed by atoms with E-state index in [-0.39, 0.29) is 5.91 Å². The predicted octanol–water partition coefficient (Wildman–Crippen LogP) is 1.18. The standard InChI is InChI=1S/C16H26N4O2S/c1-14-2-10-23-11-7-20(14)16(21)15-12-17-19(13-15)4-3-18-5-8-22-9-6-18/h12-14H,2-11H2,1H3. The Bertz CT molecular complexity index is 516. The zero-order valence-electron chi connectivity index (χ0n) is 13.8. The molecule has 0 aliphatic carbocycles. The zero-order valence-corrected chi connectivity index (χ0v) is 14.6. The molecule has 2 saturated heterocycles. The Hall–Kier alpha value is -1.05. The van der Waals surface area contributed by atoms with Crippen molar-refractivity contribution in [2.75, 3.05) is 50.9 Å². The van der Waals surface area contributed by atoms with Crippen molar-refractivity contribution < 1.29 is 9.53 Å². The molecule has 1 aromatic rings. The monoisotopic (exact) mass is 338 g/mol. The average molecular weight is 338 g/mol. The molecule has 2 fully saturated rings. The first-order valence-corrected chi connectivity index (χ1v) is 9.61. The number of morpholine rings is 1. The molecule has 1 aromatic heterocycles. The van der Waals surface area contributed by atoms with Gasteiger partial charge in [-0.2, -0.15) is 16.9 Å². The highest BCUT2D eigenvalue weighted by atomic mass is 32.2. The first-order valence-electron chi connectivity index (χ1n) is 8.45. The second-order valence-electron chi connectivity index (χ2n) is 6.19. The van der Waals surface area contributed by atoms with Gasteiger partial charge in [0.05, 0.1) is 31.5 Å². The van der Waals surface area contributed by atoms with Gasteiger partial charge in [0, 0.05) is 44.2 Å². The van der Waals surface area contributed by atoms with Crippen LogP contribution >= 0.6 is 11.8 Å². The van der Waals surface area contributed by atoms with Crippen LogP contribution < -0.4 is 0 Å². The van der Waals surface area contributed by atoms with Gasteiger partial charge in [0.15, 0.2) is 0 Å². The third-order valence-corrected chi connectivity index (χ3v) is 5.57. The smallest absolute Gasteiger partial charge is 0.257 e. The summed E-state index contributed by atoms with van der Waals surface area (Å²) >= 11 is 1.93. The Morgan fingerprint density at radius 2 is 2.13 bits per heavy atom. The minimum atomic E-state index is 0.123. The number of hydrogen-bond donors (Lipinski definition) is 0. The Kier molecular flexibility index (Phi) is 5.96. The molecular weight excluding hydrogens is 312 g/mol. The summed E-state index contributed by atoms with van der Waals surface area (Å²) in [6.07, 6.45) is 4.68. The Morgan fingerprint density at radius 3 is 2.96 bits per heavy atom. The summed E-state index contributed by atoms with van der Waals surface area (Å²) in [7, 11) is 0. The van der Waals surface area contributed by atoms with Crippen molar-refractivity contribution in [1.29, 1.82) is 0 Å². The minimum absolute atomic E-state index is 0.123. The lowest BCUT2D eigenvalue weighted by molar-refractivity contribution is 0.0359. The summed E-state index contributed by atoms with van der Waals surface area (Å²) < 4.78 is 7.25. The fraction of sp³-hybridized carbons (Fsp3) is 0.750. The fourth-order valence-electron chi connectivity index (χ4n) is 3.03. The van der Waals surface area contributed by atoms with Crippen molar-refractivity contribution >= 4 is 17.7 Å². The summed E-state index contributed by atoms with van der Waals surface area (Å²) in [6.45, 7) is 8.35. The number of amides is 1. The first kappa shape index (κ1) is 16.8. The molecule has 0 saturated carbocycles. The second kappa shape index (κ2) is 8.17. The molecule has 1 atom stereocenters. The maximum Gasteiger partial charge on any atom is 0.257 e. The maximum absolute atomic E-state index is 12.7. The van der Waals surface area contributed by atoms with Crippen LogP contribution in [0.15, 0.2) is 12.4 Å². The van der Waals surface area contributed by atoms with Gasteiger partial charge in [0.25, 0.3) is 5.91 Å². The van der Waals surface area contributed by atoms with Crippen molar-refractivity contribution in [3.8, 4) is 0 Å². The lowest BCUT2D eigenvalue weighted by Gasteiger charge is -2.26. The van der Waals surface area contributed by atoms with Crippen molar-refractivity contribution in [1.82, 2.24) is 19.6 Å². The molecule has 7 heteroatoms. The van der Waals surface area contributed by atoms with Gasteiger partial charge < -0.3 is 9.64 Å². The Balaban J connectivity index is 1.56. The molecule has 0 spiro atoms. The number of nitrogens with zero attached hydrogens (tertiary/aromatic N) is 4. The number of thioether (sulfide) groups is 1. The van der Waals surface area contributed by atoms with Crippen LogP contribution in [0.2, 0.25) is 0 Å². The quantitative estimate of drug-likeness (QED) is 0.825. The van der Waals surface area contributed by atoms with E-state index in [1.807, 2.05) is 27.5 Å². The Morgan fingerprint density at radius 1 is 1.30 bits per heavy atom. The second-order valence-corrected chi connectivity index (χ2v) is 7.42. The van der Waals surface area contributed by atoms with E-state index in [1.54, 1.807) is 6.20 Å². The largest absolute Gasteiger partial charge is 0.379 e. The van der Waals surface area contributed by atoms with Crippen LogP contribution in [0.1, 0.15) is 23.7 Å². The molecular formula is C16H26N4O2S. The van der Waals surface area contributed by atoms with Crippen LogP contribution in [0, 0.1) is 0 Å². The van der Waals surface area contributed by atoms with Crippen molar-refractivity contribution in [2.24, 2.45) is 0 Å². The highest BCUT2D eigenvalue weighted by molar-refractivity contribution is 7.99. The molecule has 1 unspecified atom stereocenters. The molecule has 3 rings (SSSR count). The van der Waals surface area contributed by atoms with Gasteiger partial charge in [-0.15, -0.1) is 0 Å². The minimum Gasteiger partial charge on any atom is -0.379 e. The number of carbonyl (C=O) groups is 1. The number of aromatic nitrogens is 2. The fourth-order valence-corrected chi connectivity index (χ4v) is 4.07. The van der Waals surface area contributed by atoms with Crippen LogP contribution in [0.4, 0.5) is 0 Å². The van der Waals surface area contributed by atoms with Gasteiger partial charge in [-0.25, -0.2) is 0 Å². The van der Waals surface area contributed by atoms with E-state index in [0.717, 1.165) is 63.9 Å². The number of hydrogen-bond acceptors (Lipinski definition) is 5. The molecule has 0 radical (unpaired) electrons. The summed E-state index contributed by atoms with van der Waals surface area (Å²) in [5, 5.41) is 4.37. The van der Waals surface area contributed by atoms with E-state index < -0.39 is 0 Å². The third kappa shape index (κ3) is 4.49. The van der Waals surface area contributed by atoms with Gasteiger partial charge in [-0.1, -0.05) is 0 Å². The van der Waals surface area contributed by atoms with Gasteiger partial charge in [0.2, 0.25) is 0 Å². The molecule has 0 bridgehead atoms. The van der Waals surface area contributed by atoms with E-state index in [2.05, 4.69) is 16.9 Å². The maximum atomic E-state index is 12.7. The van der Waals surface area contributed by atoms with Gasteiger partial charge in [-0.3, -0.25) is 14.4 Å². The third-order valence-electron chi connectivity index (χ3n) is 4.58. The molecule has 3 heterocycles. The van der Waals surface area contributed by atoms with E-state index in [4.69, 9.17) is 4.74 Å². The molecule has 0 N–H and O–H groups in total. The predicted molar refractivity (Wildman–Crippen MR) is 91.9 cm³/mol. The Labute approximate surface area is 142 Å². The number of carbonyl (C=O) groups excluding carboxylic acids is 1. The van der Waals surface area contributed by atoms with Crippen LogP contribution in [0.5, 0.6) is 0 Å². The highest BCUT2D eigenvalue weighted by Crippen LogP contribution is 2.18. The van der Waals surface area contributed by atoms with Crippen LogP contribution in [0.25, 0.3) is 0 Å². The molecule has 2 aliphatic heterocycles. The lowest BCUT2D eigenvalue weighted by atomic mass is 10.2. The average Bonchev–Trinajstić information content (AvgIpc) is 2.95. The molecule has 128 valence electrons. The van der Waals surface area contributed by atoms with Gasteiger partial charge >= 0.3 is 0 Å². The zero-order chi connectivity index (χ0) is 16.1. The SMILES string of the molecule is CC1CCSCCN1C(=O)c1cnn(CCN2CCOCC2)c1. The molecule has 6 nitrogen and oxygen atoms in total. The lowest BCUT2D eigenvalue weighted by Crippen LogP contribution is -2.39. The molecule has 0 aromatic carbocycles. The topological polar surface area (TPSA) is 50.6 Å². The molecule has 23 heavy (non-hydrogen) atoms. The summed E-state index contributed by atoms with van der Waals surface area (Å²) in [6, 6.07) is 0.314. The van der Waals surface area contributed by atoms with Gasteiger partial charge in [-0.05, 0) is 19.1 Å². The highest BCUT2D eigenvalue weighted by Gasteiger charge is 2.24. The van der Waals surface area contributed by atoms with Crippen LogP contribution in [-0.2, 0) is 11.3 Å². The van der Waals surface area contributed by atoms with E-state index in [0.29, 0.717) is 11.6 Å². The van der Waals surface area contributed by atoms with E-state index in [1.165, 1.54) is 0 Å². The van der Waals surface area contributed by atoms with Crippen LogP contribution in [-0.4, -0.2) is 82.4 Å². The van der Waals surface area contributed by atoms with Crippen LogP contribution in [0.3, 0.4) is 0 Å². The van der Waals surface area contributed by atoms with E-state index >= 15 is 0 Å². The van der Waals surface area contributed by atoms with Crippen molar-refractivity contribution in [3.63, 3.8) is 0 Å². The number of rotatable bonds is 4.